The van der Waals surface area contributed by atoms with Gasteiger partial charge in [-0.15, -0.1) is 0 Å². The number of hydrogen-bond acceptors (Lipinski definition) is 3. The van der Waals surface area contributed by atoms with Gasteiger partial charge in [0.25, 0.3) is 0 Å². The van der Waals surface area contributed by atoms with E-state index in [1.165, 1.54) is 12.1 Å². The Hall–Kier alpha value is -3.03. The van der Waals surface area contributed by atoms with Crippen molar-refractivity contribution in [3.8, 4) is 11.5 Å². The van der Waals surface area contributed by atoms with Crippen molar-refractivity contribution in [2.45, 2.75) is 26.7 Å². The minimum Gasteiger partial charge on any atom is -0.435 e. The molecular weight excluding hydrogens is 366 g/mol. The van der Waals surface area contributed by atoms with Crippen LogP contribution in [0.1, 0.15) is 16.7 Å². The van der Waals surface area contributed by atoms with Crippen LogP contribution in [0.5, 0.6) is 11.5 Å². The van der Waals surface area contributed by atoms with Crippen LogP contribution >= 0.6 is 0 Å². The number of amides is 1. The number of halogens is 4. The Balaban J connectivity index is 2.04. The summed E-state index contributed by atoms with van der Waals surface area (Å²) in [5.41, 5.74) is 2.11. The molecule has 0 aliphatic carbocycles. The minimum absolute atomic E-state index is 0.113. The Morgan fingerprint density at radius 1 is 1.04 bits per heavy atom. The first kappa shape index (κ1) is 20.3. The Morgan fingerprint density at radius 3 is 2.33 bits per heavy atom. The second kappa shape index (κ2) is 9.61. The van der Waals surface area contributed by atoms with E-state index in [0.29, 0.717) is 6.54 Å². The van der Waals surface area contributed by atoms with Crippen molar-refractivity contribution < 1.29 is 31.8 Å². The third-order valence-electron chi connectivity index (χ3n) is 3.43. The maximum atomic E-state index is 12.5. The highest BCUT2D eigenvalue weighted by molar-refractivity contribution is 5.92. The first-order valence-electron chi connectivity index (χ1n) is 7.88. The summed E-state index contributed by atoms with van der Waals surface area (Å²) in [6.45, 7) is -4.01. The fourth-order valence-corrected chi connectivity index (χ4v) is 2.15. The number of alkyl halides is 4. The lowest BCUT2D eigenvalue weighted by molar-refractivity contribution is -0.116. The molecule has 4 nitrogen and oxygen atoms in total. The molecule has 0 aliphatic heterocycles. The highest BCUT2D eigenvalue weighted by Crippen LogP contribution is 2.28. The Morgan fingerprint density at radius 2 is 1.70 bits per heavy atom. The number of carbonyl (C=O) groups excluding carboxylic acids is 1. The van der Waals surface area contributed by atoms with Crippen LogP contribution in [0.3, 0.4) is 0 Å². The molecule has 0 bridgehead atoms. The lowest BCUT2D eigenvalue weighted by atomic mass is 10.1. The number of nitrogens with one attached hydrogen (secondary N) is 1. The number of benzene rings is 2. The average molecular weight is 383 g/mol. The largest absolute Gasteiger partial charge is 0.435 e. The summed E-state index contributed by atoms with van der Waals surface area (Å²) in [7, 11) is 0. The van der Waals surface area contributed by atoms with E-state index < -0.39 is 19.1 Å². The molecule has 0 saturated heterocycles. The molecule has 2 aromatic rings. The molecule has 1 amide bonds. The smallest absolute Gasteiger partial charge is 0.387 e. The van der Waals surface area contributed by atoms with Crippen molar-refractivity contribution in [2.24, 2.45) is 0 Å². The third-order valence-corrected chi connectivity index (χ3v) is 3.43. The van der Waals surface area contributed by atoms with Gasteiger partial charge in [-0.05, 0) is 30.7 Å². The van der Waals surface area contributed by atoms with E-state index in [0.717, 1.165) is 29.3 Å². The van der Waals surface area contributed by atoms with E-state index >= 15 is 0 Å². The van der Waals surface area contributed by atoms with E-state index in [9.17, 15) is 22.4 Å². The molecule has 0 fully saturated rings. The Bertz CT molecular complexity index is 792. The molecule has 2 aromatic carbocycles. The minimum atomic E-state index is -3.16. The van der Waals surface area contributed by atoms with E-state index in [1.807, 2.05) is 31.2 Å². The molecule has 0 aromatic heterocycles. The van der Waals surface area contributed by atoms with Gasteiger partial charge < -0.3 is 14.8 Å². The second-order valence-electron chi connectivity index (χ2n) is 5.49. The van der Waals surface area contributed by atoms with Gasteiger partial charge in [-0.1, -0.05) is 29.8 Å². The number of aryl methyl sites for hydroxylation is 1. The van der Waals surface area contributed by atoms with Crippen LogP contribution in [0, 0.1) is 6.92 Å². The van der Waals surface area contributed by atoms with Crippen LogP contribution < -0.4 is 14.8 Å². The molecule has 0 heterocycles. The van der Waals surface area contributed by atoms with Crippen molar-refractivity contribution in [1.82, 2.24) is 5.32 Å². The fraction of sp³-hybridized carbons (Fsp3) is 0.211. The summed E-state index contributed by atoms with van der Waals surface area (Å²) in [4.78, 5) is 11.9. The van der Waals surface area contributed by atoms with Crippen LogP contribution in [0.4, 0.5) is 17.6 Å². The average Bonchev–Trinajstić information content (AvgIpc) is 2.59. The maximum absolute atomic E-state index is 12.5. The zero-order chi connectivity index (χ0) is 19.8. The van der Waals surface area contributed by atoms with Crippen molar-refractivity contribution >= 4 is 12.0 Å². The van der Waals surface area contributed by atoms with Gasteiger partial charge in [0, 0.05) is 24.3 Å². The third kappa shape index (κ3) is 7.01. The normalized spacial score (nSPS) is 11.2. The second-order valence-corrected chi connectivity index (χ2v) is 5.49. The van der Waals surface area contributed by atoms with Gasteiger partial charge in [0.05, 0.1) is 0 Å². The highest BCUT2D eigenvalue weighted by atomic mass is 19.3. The first-order chi connectivity index (χ1) is 12.8. The lowest BCUT2D eigenvalue weighted by Crippen LogP contribution is -2.20. The zero-order valence-corrected chi connectivity index (χ0v) is 14.3. The Kier molecular flexibility index (Phi) is 7.22. The summed E-state index contributed by atoms with van der Waals surface area (Å²) in [5.74, 6) is -1.17. The number of carbonyl (C=O) groups is 1. The van der Waals surface area contributed by atoms with Gasteiger partial charge in [-0.3, -0.25) is 4.79 Å². The predicted octanol–water partition coefficient (Wildman–Crippen LogP) is 4.53. The number of rotatable bonds is 8. The summed E-state index contributed by atoms with van der Waals surface area (Å²) in [6, 6.07) is 10.9. The summed E-state index contributed by atoms with van der Waals surface area (Å²) >= 11 is 0. The van der Waals surface area contributed by atoms with Gasteiger partial charge in [-0.2, -0.15) is 17.6 Å². The summed E-state index contributed by atoms with van der Waals surface area (Å²) in [6.07, 6.45) is 2.38. The maximum Gasteiger partial charge on any atom is 0.387 e. The van der Waals surface area contributed by atoms with Gasteiger partial charge in [0.15, 0.2) is 0 Å². The van der Waals surface area contributed by atoms with Crippen molar-refractivity contribution in [1.29, 1.82) is 0 Å². The van der Waals surface area contributed by atoms with Crippen LogP contribution in [-0.2, 0) is 11.3 Å². The number of ether oxygens (including phenoxy) is 2. The van der Waals surface area contributed by atoms with E-state index in [-0.39, 0.29) is 17.1 Å². The van der Waals surface area contributed by atoms with E-state index in [1.54, 1.807) is 0 Å². The highest BCUT2D eigenvalue weighted by Gasteiger charge is 2.12. The van der Waals surface area contributed by atoms with Crippen LogP contribution in [0.15, 0.2) is 48.5 Å². The van der Waals surface area contributed by atoms with Crippen LogP contribution in [-0.4, -0.2) is 19.1 Å². The van der Waals surface area contributed by atoms with E-state index in [2.05, 4.69) is 14.8 Å². The van der Waals surface area contributed by atoms with Gasteiger partial charge in [0.2, 0.25) is 5.91 Å². The Labute approximate surface area is 153 Å². The SMILES string of the molecule is Cc1ccc(CNC(=O)/C=C/c2ccc(OC(F)F)cc2OC(F)F)cc1. The molecule has 0 saturated carbocycles. The lowest BCUT2D eigenvalue weighted by Gasteiger charge is -2.11. The van der Waals surface area contributed by atoms with Crippen molar-refractivity contribution in [3.05, 3.63) is 65.2 Å². The molecule has 1 N–H and O–H groups in total. The van der Waals surface area contributed by atoms with Crippen molar-refractivity contribution in [3.63, 3.8) is 0 Å². The van der Waals surface area contributed by atoms with Crippen molar-refractivity contribution in [2.75, 3.05) is 0 Å². The quantitative estimate of drug-likeness (QED) is 0.538. The molecule has 0 unspecified atom stereocenters. The number of hydrogen-bond donors (Lipinski definition) is 1. The molecule has 0 atom stereocenters. The van der Waals surface area contributed by atoms with Gasteiger partial charge in [0.1, 0.15) is 11.5 Å². The molecular formula is C19H17F4NO3. The fourth-order valence-electron chi connectivity index (χ4n) is 2.15. The van der Waals surface area contributed by atoms with Crippen LogP contribution in [0.25, 0.3) is 6.08 Å². The molecule has 0 aliphatic rings. The first-order valence-corrected chi connectivity index (χ1v) is 7.88. The monoisotopic (exact) mass is 383 g/mol. The summed E-state index contributed by atoms with van der Waals surface area (Å²) in [5, 5.41) is 2.65. The zero-order valence-electron chi connectivity index (χ0n) is 14.3. The van der Waals surface area contributed by atoms with Crippen LogP contribution in [0.2, 0.25) is 0 Å². The molecule has 0 radical (unpaired) electrons. The molecule has 0 spiro atoms. The standard InChI is InChI=1S/C19H17F4NO3/c1-12-2-4-13(5-3-12)11-24-17(25)9-7-14-6-8-15(26-18(20)21)10-16(14)27-19(22)23/h2-10,18-19H,11H2,1H3,(H,24,25)/b9-7+. The predicted molar refractivity (Wildman–Crippen MR) is 91.8 cm³/mol. The van der Waals surface area contributed by atoms with Gasteiger partial charge in [-0.25, -0.2) is 0 Å². The molecule has 8 heteroatoms. The molecule has 144 valence electrons. The molecule has 27 heavy (non-hydrogen) atoms. The van der Waals surface area contributed by atoms with Gasteiger partial charge >= 0.3 is 13.2 Å². The topological polar surface area (TPSA) is 47.6 Å². The van der Waals surface area contributed by atoms with E-state index in [4.69, 9.17) is 0 Å². The molecule has 2 rings (SSSR count). The summed E-state index contributed by atoms with van der Waals surface area (Å²) < 4.78 is 58.0.